The summed E-state index contributed by atoms with van der Waals surface area (Å²) in [4.78, 5) is 0. The van der Waals surface area contributed by atoms with Crippen molar-refractivity contribution < 1.29 is 4.39 Å². The van der Waals surface area contributed by atoms with Crippen LogP contribution in [0.4, 0.5) is 4.39 Å². The topological polar surface area (TPSA) is 29.9 Å². The molecule has 1 aliphatic rings. The minimum Gasteiger partial charge on any atom is -0.317 e. The Hall–Kier alpha value is -0.610. The molecule has 5 heteroatoms. The molecular formula is C10H15ClFN3. The molecule has 15 heavy (non-hydrogen) atoms. The van der Waals surface area contributed by atoms with Gasteiger partial charge in [-0.3, -0.25) is 4.68 Å². The summed E-state index contributed by atoms with van der Waals surface area (Å²) in [5.41, 5.74) is -0.806. The number of halogens is 2. The largest absolute Gasteiger partial charge is 0.317 e. The number of hydrogen-bond acceptors (Lipinski definition) is 2. The molecule has 1 aromatic heterocycles. The van der Waals surface area contributed by atoms with Crippen molar-refractivity contribution >= 4 is 11.6 Å². The average Bonchev–Trinajstić information content (AvgIpc) is 2.40. The summed E-state index contributed by atoms with van der Waals surface area (Å²) in [6.45, 7) is 1.57. The van der Waals surface area contributed by atoms with Crippen molar-refractivity contribution in [3.05, 3.63) is 16.9 Å². The molecule has 1 saturated heterocycles. The predicted molar refractivity (Wildman–Crippen MR) is 57.7 cm³/mol. The van der Waals surface area contributed by atoms with Crippen LogP contribution in [0.1, 0.15) is 25.0 Å². The molecule has 0 radical (unpaired) electrons. The molecule has 1 aliphatic heterocycles. The molecule has 1 fully saturated rings. The Morgan fingerprint density at radius 2 is 2.33 bits per heavy atom. The van der Waals surface area contributed by atoms with Crippen LogP contribution in [0.25, 0.3) is 0 Å². The van der Waals surface area contributed by atoms with Crippen molar-refractivity contribution in [1.29, 1.82) is 0 Å². The summed E-state index contributed by atoms with van der Waals surface area (Å²) in [6.07, 6.45) is 3.32. The van der Waals surface area contributed by atoms with E-state index in [1.165, 1.54) is 6.20 Å². The molecule has 0 aromatic carbocycles. The van der Waals surface area contributed by atoms with Crippen molar-refractivity contribution in [2.45, 2.75) is 24.9 Å². The van der Waals surface area contributed by atoms with Crippen LogP contribution in [-0.2, 0) is 12.7 Å². The fourth-order valence-corrected chi connectivity index (χ4v) is 2.52. The smallest absolute Gasteiger partial charge is 0.155 e. The van der Waals surface area contributed by atoms with Gasteiger partial charge in [0.2, 0.25) is 0 Å². The van der Waals surface area contributed by atoms with Crippen LogP contribution in [0.15, 0.2) is 6.20 Å². The van der Waals surface area contributed by atoms with E-state index in [4.69, 9.17) is 11.6 Å². The van der Waals surface area contributed by atoms with Crippen LogP contribution >= 0.6 is 11.6 Å². The summed E-state index contributed by atoms with van der Waals surface area (Å²) in [7, 11) is 1.74. The molecule has 1 unspecified atom stereocenters. The first kappa shape index (κ1) is 10.9. The number of aromatic nitrogens is 2. The number of hydrogen-bond donors (Lipinski definition) is 1. The van der Waals surface area contributed by atoms with Crippen molar-refractivity contribution in [2.75, 3.05) is 13.1 Å². The first-order valence-electron chi connectivity index (χ1n) is 5.21. The van der Waals surface area contributed by atoms with Gasteiger partial charge in [-0.15, -0.1) is 0 Å². The number of alkyl halides is 1. The SMILES string of the molecule is Cn1ncc(Cl)c1C1(F)CCCNCC1. The Morgan fingerprint density at radius 3 is 3.00 bits per heavy atom. The lowest BCUT2D eigenvalue weighted by molar-refractivity contribution is 0.133. The zero-order valence-electron chi connectivity index (χ0n) is 8.76. The second-order valence-electron chi connectivity index (χ2n) is 4.03. The highest BCUT2D eigenvalue weighted by atomic mass is 35.5. The Balaban J connectivity index is 2.34. The third kappa shape index (κ3) is 2.01. The maximum atomic E-state index is 14.7. The van der Waals surface area contributed by atoms with Crippen molar-refractivity contribution in [3.63, 3.8) is 0 Å². The lowest BCUT2D eigenvalue weighted by Gasteiger charge is -2.23. The van der Waals surface area contributed by atoms with E-state index in [0.29, 0.717) is 30.1 Å². The highest BCUT2D eigenvalue weighted by Gasteiger charge is 2.37. The summed E-state index contributed by atoms with van der Waals surface area (Å²) >= 11 is 5.98. The van der Waals surface area contributed by atoms with Crippen LogP contribution in [0.3, 0.4) is 0 Å². The van der Waals surface area contributed by atoms with E-state index in [0.717, 1.165) is 13.0 Å². The Kier molecular flexibility index (Phi) is 2.98. The predicted octanol–water partition coefficient (Wildman–Crippen LogP) is 2.01. The van der Waals surface area contributed by atoms with Crippen molar-refractivity contribution in [2.24, 2.45) is 7.05 Å². The van der Waals surface area contributed by atoms with Crippen LogP contribution < -0.4 is 5.32 Å². The van der Waals surface area contributed by atoms with E-state index in [1.807, 2.05) is 0 Å². The number of rotatable bonds is 1. The molecule has 1 aromatic rings. The molecule has 1 N–H and O–H groups in total. The van der Waals surface area contributed by atoms with Gasteiger partial charge in [-0.2, -0.15) is 5.10 Å². The summed E-state index contributed by atoms with van der Waals surface area (Å²) in [5, 5.41) is 7.61. The van der Waals surface area contributed by atoms with Gasteiger partial charge in [-0.25, -0.2) is 4.39 Å². The molecule has 1 atom stereocenters. The molecule has 2 rings (SSSR count). The normalized spacial score (nSPS) is 27.7. The minimum atomic E-state index is -1.33. The fourth-order valence-electron chi connectivity index (χ4n) is 2.18. The second-order valence-corrected chi connectivity index (χ2v) is 4.44. The number of aryl methyl sites for hydroxylation is 1. The first-order chi connectivity index (χ1) is 7.13. The molecule has 0 bridgehead atoms. The van der Waals surface area contributed by atoms with Crippen LogP contribution in [0, 0.1) is 0 Å². The van der Waals surface area contributed by atoms with Crippen LogP contribution in [-0.4, -0.2) is 22.9 Å². The van der Waals surface area contributed by atoms with Gasteiger partial charge in [0.15, 0.2) is 5.67 Å². The van der Waals surface area contributed by atoms with Crippen LogP contribution in [0.2, 0.25) is 5.02 Å². The standard InChI is InChI=1S/C10H15ClFN3/c1-15-9(8(11)7-14-15)10(12)3-2-5-13-6-4-10/h7,13H,2-6H2,1H3. The van der Waals surface area contributed by atoms with Gasteiger partial charge in [-0.1, -0.05) is 11.6 Å². The molecule has 0 spiro atoms. The summed E-state index contributed by atoms with van der Waals surface area (Å²) in [6, 6.07) is 0. The van der Waals surface area contributed by atoms with Gasteiger partial charge >= 0.3 is 0 Å². The Bertz CT molecular complexity index is 323. The van der Waals surface area contributed by atoms with E-state index in [-0.39, 0.29) is 0 Å². The lowest BCUT2D eigenvalue weighted by atomic mass is 9.93. The zero-order chi connectivity index (χ0) is 10.9. The number of nitrogens with zero attached hydrogens (tertiary/aromatic N) is 2. The fraction of sp³-hybridized carbons (Fsp3) is 0.700. The Labute approximate surface area is 93.6 Å². The van der Waals surface area contributed by atoms with Gasteiger partial charge in [0, 0.05) is 7.05 Å². The Morgan fingerprint density at radius 1 is 1.53 bits per heavy atom. The maximum absolute atomic E-state index is 14.7. The minimum absolute atomic E-state index is 0.432. The quantitative estimate of drug-likeness (QED) is 0.802. The highest BCUT2D eigenvalue weighted by molar-refractivity contribution is 6.31. The number of nitrogens with one attached hydrogen (secondary N) is 1. The van der Waals surface area contributed by atoms with Gasteiger partial charge in [0.1, 0.15) is 0 Å². The summed E-state index contributed by atoms with van der Waals surface area (Å²) < 4.78 is 16.3. The van der Waals surface area contributed by atoms with E-state index in [1.54, 1.807) is 11.7 Å². The van der Waals surface area contributed by atoms with Gasteiger partial charge in [-0.05, 0) is 32.4 Å². The molecule has 0 saturated carbocycles. The molecular weight excluding hydrogens is 217 g/mol. The average molecular weight is 232 g/mol. The molecule has 0 amide bonds. The monoisotopic (exact) mass is 231 g/mol. The summed E-state index contributed by atoms with van der Waals surface area (Å²) in [5.74, 6) is 0. The highest BCUT2D eigenvalue weighted by Crippen LogP contribution is 2.38. The van der Waals surface area contributed by atoms with Gasteiger partial charge < -0.3 is 5.32 Å². The third-order valence-electron chi connectivity index (χ3n) is 2.94. The second kappa shape index (κ2) is 4.10. The van der Waals surface area contributed by atoms with E-state index in [2.05, 4.69) is 10.4 Å². The van der Waals surface area contributed by atoms with Gasteiger partial charge in [0.25, 0.3) is 0 Å². The third-order valence-corrected chi connectivity index (χ3v) is 3.22. The molecule has 84 valence electrons. The van der Waals surface area contributed by atoms with Gasteiger partial charge in [0.05, 0.1) is 16.9 Å². The molecule has 3 nitrogen and oxygen atoms in total. The van der Waals surface area contributed by atoms with E-state index in [9.17, 15) is 4.39 Å². The lowest BCUT2D eigenvalue weighted by Crippen LogP contribution is -2.25. The van der Waals surface area contributed by atoms with E-state index >= 15 is 0 Å². The maximum Gasteiger partial charge on any atom is 0.155 e. The van der Waals surface area contributed by atoms with Crippen molar-refractivity contribution in [1.82, 2.24) is 15.1 Å². The zero-order valence-corrected chi connectivity index (χ0v) is 9.52. The van der Waals surface area contributed by atoms with Crippen molar-refractivity contribution in [3.8, 4) is 0 Å². The molecule has 2 heterocycles. The van der Waals surface area contributed by atoms with E-state index < -0.39 is 5.67 Å². The molecule has 0 aliphatic carbocycles. The first-order valence-corrected chi connectivity index (χ1v) is 5.59. The van der Waals surface area contributed by atoms with Crippen LogP contribution in [0.5, 0.6) is 0 Å².